The van der Waals surface area contributed by atoms with E-state index in [9.17, 15) is 4.79 Å². The summed E-state index contributed by atoms with van der Waals surface area (Å²) in [5.41, 5.74) is 0.246. The molecule has 8 atom stereocenters. The Hall–Kier alpha value is -0.570. The second-order valence-electron chi connectivity index (χ2n) is 12.4. The van der Waals surface area contributed by atoms with Crippen molar-refractivity contribution in [2.75, 3.05) is 13.6 Å². The van der Waals surface area contributed by atoms with Crippen LogP contribution in [0.25, 0.3) is 0 Å². The largest absolute Gasteiger partial charge is 0.461 e. The van der Waals surface area contributed by atoms with E-state index in [1.807, 2.05) is 20.8 Å². The third-order valence-electron chi connectivity index (χ3n) is 9.67. The Bertz CT molecular complexity index is 625. The molecule has 0 spiro atoms. The minimum atomic E-state index is -0.410. The molecule has 3 aliphatic carbocycles. The van der Waals surface area contributed by atoms with Gasteiger partial charge < -0.3 is 9.64 Å². The third-order valence-corrected chi connectivity index (χ3v) is 9.67. The molecule has 0 bridgehead atoms. The van der Waals surface area contributed by atoms with Crippen LogP contribution in [-0.4, -0.2) is 36.6 Å². The number of carbonyl (C=O) groups excluding carboxylic acids is 1. The number of ether oxygens (including phenoxy) is 1. The second kappa shape index (κ2) is 6.72. The lowest BCUT2D eigenvalue weighted by Gasteiger charge is -2.62. The first-order valence-corrected chi connectivity index (χ1v) is 11.9. The topological polar surface area (TPSA) is 29.5 Å². The Labute approximate surface area is 173 Å². The quantitative estimate of drug-likeness (QED) is 0.552. The van der Waals surface area contributed by atoms with Crippen molar-refractivity contribution in [2.24, 2.45) is 39.9 Å². The van der Waals surface area contributed by atoms with E-state index in [4.69, 9.17) is 4.74 Å². The van der Waals surface area contributed by atoms with E-state index in [0.29, 0.717) is 17.3 Å². The maximum absolute atomic E-state index is 12.7. The lowest BCUT2D eigenvalue weighted by atomic mass is 9.46. The first-order chi connectivity index (χ1) is 13.0. The first-order valence-electron chi connectivity index (χ1n) is 11.9. The molecule has 0 amide bonds. The van der Waals surface area contributed by atoms with Gasteiger partial charge in [0, 0.05) is 11.5 Å². The molecule has 1 saturated heterocycles. The summed E-state index contributed by atoms with van der Waals surface area (Å²) in [5, 5.41) is 0. The summed E-state index contributed by atoms with van der Waals surface area (Å²) in [4.78, 5) is 15.3. The van der Waals surface area contributed by atoms with Crippen LogP contribution in [0.2, 0.25) is 0 Å². The van der Waals surface area contributed by atoms with Crippen LogP contribution in [0.5, 0.6) is 0 Å². The molecule has 4 fully saturated rings. The highest BCUT2D eigenvalue weighted by Crippen LogP contribution is 2.66. The third kappa shape index (κ3) is 2.97. The molecular weight excluding hydrogens is 346 g/mol. The van der Waals surface area contributed by atoms with E-state index in [2.05, 4.69) is 32.7 Å². The summed E-state index contributed by atoms with van der Waals surface area (Å²) in [6, 6.07) is 0.776. The average Bonchev–Trinajstić information content (AvgIpc) is 2.84. The van der Waals surface area contributed by atoms with Gasteiger partial charge in [0.2, 0.25) is 0 Å². The SMILES string of the molecule is C[C@@H]1C[C@H](OC(=O)C(C)(C)C)[C@@]2(C)CC[C@H]3[C@@H](CC[C@H]4N(C)CCC[C@]34C)[C@H]12. The Morgan fingerprint density at radius 3 is 2.46 bits per heavy atom. The highest BCUT2D eigenvalue weighted by molar-refractivity contribution is 5.75. The van der Waals surface area contributed by atoms with Crippen LogP contribution < -0.4 is 0 Å². The van der Waals surface area contributed by atoms with Crippen molar-refractivity contribution in [3.63, 3.8) is 0 Å². The van der Waals surface area contributed by atoms with Gasteiger partial charge in [0.1, 0.15) is 6.10 Å². The monoisotopic (exact) mass is 389 g/mol. The molecule has 28 heavy (non-hydrogen) atoms. The zero-order valence-corrected chi connectivity index (χ0v) is 19.4. The number of esters is 1. The van der Waals surface area contributed by atoms with Crippen molar-refractivity contribution >= 4 is 5.97 Å². The number of carbonyl (C=O) groups is 1. The molecule has 0 aromatic heterocycles. The van der Waals surface area contributed by atoms with Crippen molar-refractivity contribution < 1.29 is 9.53 Å². The lowest BCUT2D eigenvalue weighted by molar-refractivity contribution is -0.173. The molecule has 4 aliphatic rings. The van der Waals surface area contributed by atoms with Crippen LogP contribution in [0.1, 0.15) is 86.5 Å². The van der Waals surface area contributed by atoms with Gasteiger partial charge in [-0.1, -0.05) is 20.8 Å². The van der Waals surface area contributed by atoms with Gasteiger partial charge >= 0.3 is 5.97 Å². The van der Waals surface area contributed by atoms with Crippen LogP contribution >= 0.6 is 0 Å². The fourth-order valence-corrected chi connectivity index (χ4v) is 8.34. The summed E-state index contributed by atoms with van der Waals surface area (Å²) in [6.45, 7) is 14.7. The van der Waals surface area contributed by atoms with Gasteiger partial charge in [-0.15, -0.1) is 0 Å². The number of piperidine rings is 1. The van der Waals surface area contributed by atoms with E-state index in [1.54, 1.807) is 0 Å². The number of hydrogen-bond donors (Lipinski definition) is 0. The van der Waals surface area contributed by atoms with Crippen molar-refractivity contribution in [1.29, 1.82) is 0 Å². The van der Waals surface area contributed by atoms with Gasteiger partial charge in [0.05, 0.1) is 5.41 Å². The van der Waals surface area contributed by atoms with Gasteiger partial charge in [0.25, 0.3) is 0 Å². The molecule has 0 radical (unpaired) electrons. The van der Waals surface area contributed by atoms with Crippen molar-refractivity contribution in [2.45, 2.75) is 98.6 Å². The summed E-state index contributed by atoms with van der Waals surface area (Å²) in [7, 11) is 2.36. The van der Waals surface area contributed by atoms with E-state index in [1.165, 1.54) is 45.1 Å². The molecule has 3 nitrogen and oxygen atoms in total. The summed E-state index contributed by atoms with van der Waals surface area (Å²) in [6.07, 6.45) is 9.23. The minimum absolute atomic E-state index is 0.0155. The smallest absolute Gasteiger partial charge is 0.311 e. The summed E-state index contributed by atoms with van der Waals surface area (Å²) >= 11 is 0. The van der Waals surface area contributed by atoms with E-state index in [-0.39, 0.29) is 17.5 Å². The molecule has 1 heterocycles. The zero-order valence-electron chi connectivity index (χ0n) is 19.4. The van der Waals surface area contributed by atoms with Crippen LogP contribution in [0.4, 0.5) is 0 Å². The van der Waals surface area contributed by atoms with Crippen LogP contribution in [0, 0.1) is 39.9 Å². The molecule has 160 valence electrons. The number of rotatable bonds is 1. The Kier molecular flexibility index (Phi) is 4.97. The number of fused-ring (bicyclic) bond motifs is 5. The number of nitrogens with zero attached hydrogens (tertiary/aromatic N) is 1. The minimum Gasteiger partial charge on any atom is -0.461 e. The molecule has 0 N–H and O–H groups in total. The fraction of sp³-hybridized carbons (Fsp3) is 0.960. The second-order valence-corrected chi connectivity index (χ2v) is 12.4. The van der Waals surface area contributed by atoms with Crippen molar-refractivity contribution in [3.05, 3.63) is 0 Å². The number of hydrogen-bond acceptors (Lipinski definition) is 3. The Balaban J connectivity index is 1.59. The number of likely N-dealkylation sites (tertiary alicyclic amines) is 1. The Morgan fingerprint density at radius 2 is 1.79 bits per heavy atom. The van der Waals surface area contributed by atoms with Crippen LogP contribution in [0.15, 0.2) is 0 Å². The molecule has 0 aromatic rings. The van der Waals surface area contributed by atoms with Gasteiger partial charge in [-0.25, -0.2) is 0 Å². The van der Waals surface area contributed by atoms with E-state index >= 15 is 0 Å². The van der Waals surface area contributed by atoms with Crippen molar-refractivity contribution in [3.8, 4) is 0 Å². The standard InChI is InChI=1S/C25H43NO2/c1-16-15-20(28-22(27)23(2,3)4)25(6)13-11-18-17(21(16)25)9-10-19-24(18,5)12-8-14-26(19)7/h16-21H,8-15H2,1-7H3/t16-,17-,18+,19-,20+,21+,24-,25-/m1/s1. The van der Waals surface area contributed by atoms with Crippen LogP contribution in [-0.2, 0) is 9.53 Å². The van der Waals surface area contributed by atoms with E-state index in [0.717, 1.165) is 24.3 Å². The Morgan fingerprint density at radius 1 is 1.07 bits per heavy atom. The van der Waals surface area contributed by atoms with Gasteiger partial charge in [-0.3, -0.25) is 4.79 Å². The van der Waals surface area contributed by atoms with E-state index < -0.39 is 5.41 Å². The zero-order chi connectivity index (χ0) is 20.5. The highest BCUT2D eigenvalue weighted by Gasteiger charge is 2.63. The maximum Gasteiger partial charge on any atom is 0.311 e. The molecule has 4 rings (SSSR count). The molecule has 0 aromatic carbocycles. The van der Waals surface area contributed by atoms with Crippen molar-refractivity contribution in [1.82, 2.24) is 4.90 Å². The lowest BCUT2D eigenvalue weighted by Crippen LogP contribution is -2.60. The average molecular weight is 390 g/mol. The van der Waals surface area contributed by atoms with Gasteiger partial charge in [-0.05, 0) is 108 Å². The predicted octanol–water partition coefficient (Wildman–Crippen LogP) is 5.53. The molecule has 1 aliphatic heterocycles. The maximum atomic E-state index is 12.7. The molecule has 0 unspecified atom stereocenters. The highest BCUT2D eigenvalue weighted by atomic mass is 16.5. The molecule has 3 heteroatoms. The summed E-state index contributed by atoms with van der Waals surface area (Å²) < 4.78 is 6.20. The normalized spacial score (nSPS) is 49.1. The van der Waals surface area contributed by atoms with Gasteiger partial charge in [0.15, 0.2) is 0 Å². The molecular formula is C25H43NO2. The van der Waals surface area contributed by atoms with Gasteiger partial charge in [-0.2, -0.15) is 0 Å². The van der Waals surface area contributed by atoms with Crippen LogP contribution in [0.3, 0.4) is 0 Å². The molecule has 3 saturated carbocycles. The summed E-state index contributed by atoms with van der Waals surface area (Å²) in [5.74, 6) is 3.04. The fourth-order valence-electron chi connectivity index (χ4n) is 8.34. The first kappa shape index (κ1) is 20.7. The predicted molar refractivity (Wildman–Crippen MR) is 114 cm³/mol.